The maximum absolute atomic E-state index is 6.25. The predicted octanol–water partition coefficient (Wildman–Crippen LogP) is 5.28. The number of benzene rings is 2. The third kappa shape index (κ3) is 2.82. The summed E-state index contributed by atoms with van der Waals surface area (Å²) in [5, 5.41) is 1.21. The van der Waals surface area contributed by atoms with Crippen LogP contribution in [-0.2, 0) is 0 Å². The van der Waals surface area contributed by atoms with Crippen molar-refractivity contribution in [2.75, 3.05) is 0 Å². The first-order valence-corrected chi connectivity index (χ1v) is 7.75. The van der Waals surface area contributed by atoms with E-state index in [1.807, 2.05) is 30.3 Å². The predicted molar refractivity (Wildman–Crippen MR) is 85.5 cm³/mol. The summed E-state index contributed by atoms with van der Waals surface area (Å²) >= 11 is 15.5. The maximum atomic E-state index is 6.25. The molecule has 0 aromatic heterocycles. The first kappa shape index (κ1) is 14.2. The van der Waals surface area contributed by atoms with E-state index < -0.39 is 0 Å². The average molecular weight is 373 g/mol. The molecule has 0 aliphatic carbocycles. The van der Waals surface area contributed by atoms with Crippen LogP contribution in [-0.4, -0.2) is 0 Å². The van der Waals surface area contributed by atoms with Crippen molar-refractivity contribution in [3.8, 4) is 5.75 Å². The third-order valence-electron chi connectivity index (χ3n) is 3.37. The summed E-state index contributed by atoms with van der Waals surface area (Å²) < 4.78 is 7.03. The van der Waals surface area contributed by atoms with Gasteiger partial charge < -0.3 is 10.5 Å². The van der Waals surface area contributed by atoms with Crippen molar-refractivity contribution in [3.63, 3.8) is 0 Å². The summed E-state index contributed by atoms with van der Waals surface area (Å²) in [4.78, 5) is 0. The van der Waals surface area contributed by atoms with Gasteiger partial charge in [0.05, 0.1) is 0 Å². The summed E-state index contributed by atoms with van der Waals surface area (Å²) in [6, 6.07) is 11.3. The van der Waals surface area contributed by atoms with Gasteiger partial charge in [-0.3, -0.25) is 0 Å². The number of nitrogens with two attached hydrogens (primary N) is 1. The summed E-state index contributed by atoms with van der Waals surface area (Å²) in [5.74, 6) is 0.813. The molecule has 5 heteroatoms. The molecule has 2 N–H and O–H groups in total. The van der Waals surface area contributed by atoms with Crippen molar-refractivity contribution < 1.29 is 4.74 Å². The molecule has 2 atom stereocenters. The standard InChI is InChI=1S/C15H12BrCl2NO/c16-9-1-2-14-12(5-9)13(19)7-15(20-14)8-3-10(17)6-11(18)4-8/h1-6,13,15H,7,19H2. The van der Waals surface area contributed by atoms with Crippen molar-refractivity contribution in [2.45, 2.75) is 18.6 Å². The van der Waals surface area contributed by atoms with Crippen LogP contribution >= 0.6 is 39.1 Å². The Morgan fingerprint density at radius 2 is 1.80 bits per heavy atom. The van der Waals surface area contributed by atoms with Crippen LogP contribution in [0.3, 0.4) is 0 Å². The zero-order chi connectivity index (χ0) is 14.3. The van der Waals surface area contributed by atoms with E-state index in [1.54, 1.807) is 6.07 Å². The molecular weight excluding hydrogens is 361 g/mol. The molecule has 0 saturated heterocycles. The minimum atomic E-state index is -0.130. The molecule has 1 aliphatic rings. The van der Waals surface area contributed by atoms with Crippen LogP contribution in [0.1, 0.15) is 29.7 Å². The molecule has 0 spiro atoms. The van der Waals surface area contributed by atoms with E-state index in [9.17, 15) is 0 Å². The first-order valence-electron chi connectivity index (χ1n) is 6.20. The molecule has 2 aromatic rings. The van der Waals surface area contributed by atoms with Gasteiger partial charge in [-0.25, -0.2) is 0 Å². The van der Waals surface area contributed by atoms with E-state index in [2.05, 4.69) is 15.9 Å². The van der Waals surface area contributed by atoms with Crippen molar-refractivity contribution >= 4 is 39.1 Å². The van der Waals surface area contributed by atoms with Crippen LogP contribution in [0.2, 0.25) is 10.0 Å². The number of hydrogen-bond donors (Lipinski definition) is 1. The van der Waals surface area contributed by atoms with Crippen molar-refractivity contribution in [1.29, 1.82) is 0 Å². The number of halogens is 3. The highest BCUT2D eigenvalue weighted by Crippen LogP contribution is 2.41. The lowest BCUT2D eigenvalue weighted by molar-refractivity contribution is 0.161. The van der Waals surface area contributed by atoms with E-state index >= 15 is 0 Å². The van der Waals surface area contributed by atoms with Gasteiger partial charge in [0.1, 0.15) is 11.9 Å². The fraction of sp³-hybridized carbons (Fsp3) is 0.200. The van der Waals surface area contributed by atoms with E-state index in [0.717, 1.165) is 21.3 Å². The largest absolute Gasteiger partial charge is 0.485 e. The zero-order valence-electron chi connectivity index (χ0n) is 10.4. The van der Waals surface area contributed by atoms with Gasteiger partial charge in [-0.05, 0) is 42.0 Å². The van der Waals surface area contributed by atoms with E-state index in [4.69, 9.17) is 33.7 Å². The monoisotopic (exact) mass is 371 g/mol. The van der Waals surface area contributed by atoms with Crippen LogP contribution < -0.4 is 10.5 Å². The Morgan fingerprint density at radius 1 is 1.10 bits per heavy atom. The minimum Gasteiger partial charge on any atom is -0.485 e. The van der Waals surface area contributed by atoms with Gasteiger partial charge in [-0.2, -0.15) is 0 Å². The lowest BCUT2D eigenvalue weighted by Crippen LogP contribution is -2.24. The summed E-state index contributed by atoms with van der Waals surface area (Å²) in [6.07, 6.45) is 0.565. The number of fused-ring (bicyclic) bond motifs is 1. The fourth-order valence-corrected chi connectivity index (χ4v) is 3.36. The van der Waals surface area contributed by atoms with Crippen LogP contribution in [0.25, 0.3) is 0 Å². The normalized spacial score (nSPS) is 21.2. The summed E-state index contributed by atoms with van der Waals surface area (Å²) in [7, 11) is 0. The van der Waals surface area contributed by atoms with Gasteiger partial charge in [0, 0.05) is 32.5 Å². The summed E-state index contributed by atoms with van der Waals surface area (Å²) in [5.41, 5.74) is 8.22. The molecule has 2 unspecified atom stereocenters. The van der Waals surface area contributed by atoms with Gasteiger partial charge in [-0.15, -0.1) is 0 Å². The zero-order valence-corrected chi connectivity index (χ0v) is 13.5. The van der Waals surface area contributed by atoms with Crippen molar-refractivity contribution in [1.82, 2.24) is 0 Å². The minimum absolute atomic E-state index is 0.0704. The Labute approximate surface area is 136 Å². The Bertz CT molecular complexity index is 642. The molecule has 2 aromatic carbocycles. The molecule has 3 rings (SSSR count). The molecule has 0 radical (unpaired) electrons. The molecule has 1 heterocycles. The molecular formula is C15H12BrCl2NO. The average Bonchev–Trinajstić information content (AvgIpc) is 2.38. The third-order valence-corrected chi connectivity index (χ3v) is 4.29. The number of hydrogen-bond acceptors (Lipinski definition) is 2. The van der Waals surface area contributed by atoms with Crippen LogP contribution in [0, 0.1) is 0 Å². The van der Waals surface area contributed by atoms with Crippen LogP contribution in [0.15, 0.2) is 40.9 Å². The molecule has 2 nitrogen and oxygen atoms in total. The molecule has 0 fully saturated rings. The second kappa shape index (κ2) is 5.57. The quantitative estimate of drug-likeness (QED) is 0.738. The second-order valence-corrected chi connectivity index (χ2v) is 6.62. The van der Waals surface area contributed by atoms with E-state index in [-0.39, 0.29) is 12.1 Å². The molecule has 0 amide bonds. The van der Waals surface area contributed by atoms with Crippen LogP contribution in [0.5, 0.6) is 5.75 Å². The number of ether oxygens (including phenoxy) is 1. The highest BCUT2D eigenvalue weighted by Gasteiger charge is 2.27. The lowest BCUT2D eigenvalue weighted by Gasteiger charge is -2.31. The van der Waals surface area contributed by atoms with Gasteiger partial charge in [0.2, 0.25) is 0 Å². The van der Waals surface area contributed by atoms with Gasteiger partial charge >= 0.3 is 0 Å². The van der Waals surface area contributed by atoms with Gasteiger partial charge in [-0.1, -0.05) is 39.1 Å². The molecule has 104 valence electrons. The first-order chi connectivity index (χ1) is 9.52. The van der Waals surface area contributed by atoms with Crippen molar-refractivity contribution in [3.05, 3.63) is 62.0 Å². The molecule has 0 bridgehead atoms. The Hall–Kier alpha value is -0.740. The lowest BCUT2D eigenvalue weighted by atomic mass is 9.94. The van der Waals surface area contributed by atoms with Crippen molar-refractivity contribution in [2.24, 2.45) is 5.73 Å². The van der Waals surface area contributed by atoms with Gasteiger partial charge in [0.25, 0.3) is 0 Å². The highest BCUT2D eigenvalue weighted by atomic mass is 79.9. The molecule has 0 saturated carbocycles. The van der Waals surface area contributed by atoms with Crippen LogP contribution in [0.4, 0.5) is 0 Å². The van der Waals surface area contributed by atoms with E-state index in [0.29, 0.717) is 16.5 Å². The second-order valence-electron chi connectivity index (χ2n) is 4.83. The topological polar surface area (TPSA) is 35.2 Å². The Kier molecular flexibility index (Phi) is 3.95. The number of rotatable bonds is 1. The Balaban J connectivity index is 1.96. The van der Waals surface area contributed by atoms with E-state index in [1.165, 1.54) is 0 Å². The molecule has 1 aliphatic heterocycles. The molecule has 20 heavy (non-hydrogen) atoms. The maximum Gasteiger partial charge on any atom is 0.126 e. The smallest absolute Gasteiger partial charge is 0.126 e. The van der Waals surface area contributed by atoms with Gasteiger partial charge in [0.15, 0.2) is 0 Å². The fourth-order valence-electron chi connectivity index (χ4n) is 2.44. The Morgan fingerprint density at radius 3 is 2.50 bits per heavy atom. The highest BCUT2D eigenvalue weighted by molar-refractivity contribution is 9.10. The summed E-state index contributed by atoms with van der Waals surface area (Å²) in [6.45, 7) is 0. The SMILES string of the molecule is NC1CC(c2cc(Cl)cc(Cl)c2)Oc2ccc(Br)cc21.